The van der Waals surface area contributed by atoms with Crippen LogP contribution in [0, 0.1) is 6.92 Å². The van der Waals surface area contributed by atoms with Gasteiger partial charge in [0.05, 0.1) is 10.6 Å². The fourth-order valence-corrected chi connectivity index (χ4v) is 5.45. The van der Waals surface area contributed by atoms with Gasteiger partial charge in [0.15, 0.2) is 0 Å². The first-order valence-corrected chi connectivity index (χ1v) is 13.4. The maximum absolute atomic E-state index is 13.8. The summed E-state index contributed by atoms with van der Waals surface area (Å²) in [4.78, 5) is 28.0. The number of nitrogens with one attached hydrogen (secondary N) is 1. The van der Waals surface area contributed by atoms with E-state index in [2.05, 4.69) is 5.32 Å². The van der Waals surface area contributed by atoms with E-state index < -0.39 is 28.5 Å². The molecule has 1 N–H and O–H groups in total. The molecule has 0 aromatic heterocycles. The summed E-state index contributed by atoms with van der Waals surface area (Å²) >= 11 is 5.96. The number of hydrogen-bond donors (Lipinski definition) is 1. The summed E-state index contributed by atoms with van der Waals surface area (Å²) in [6, 6.07) is 21.0. The highest BCUT2D eigenvalue weighted by Crippen LogP contribution is 2.25. The van der Waals surface area contributed by atoms with Crippen LogP contribution in [0.3, 0.4) is 0 Å². The minimum atomic E-state index is -4.11. The summed E-state index contributed by atoms with van der Waals surface area (Å²) in [7, 11) is -2.60. The van der Waals surface area contributed by atoms with Crippen molar-refractivity contribution in [2.24, 2.45) is 0 Å². The van der Waals surface area contributed by atoms with Gasteiger partial charge in [-0.15, -0.1) is 0 Å². The second-order valence-electron chi connectivity index (χ2n) is 8.29. The van der Waals surface area contributed by atoms with E-state index >= 15 is 0 Å². The molecular weight excluding hydrogens is 498 g/mol. The van der Waals surface area contributed by atoms with E-state index in [9.17, 15) is 18.0 Å². The maximum Gasteiger partial charge on any atom is 0.264 e. The lowest BCUT2D eigenvalue weighted by molar-refractivity contribution is -0.140. The van der Waals surface area contributed by atoms with Crippen molar-refractivity contribution < 1.29 is 18.0 Å². The van der Waals surface area contributed by atoms with Gasteiger partial charge in [0.25, 0.3) is 10.0 Å². The van der Waals surface area contributed by atoms with Crippen LogP contribution in [0.1, 0.15) is 24.5 Å². The Morgan fingerprint density at radius 1 is 0.944 bits per heavy atom. The molecule has 0 saturated heterocycles. The molecule has 0 unspecified atom stereocenters. The number of aryl methyl sites for hydroxylation is 1. The molecule has 2 amide bonds. The smallest absolute Gasteiger partial charge is 0.264 e. The molecule has 1 atom stereocenters. The number of likely N-dealkylation sites (N-methyl/N-ethyl adjacent to an activating group) is 1. The molecule has 3 aromatic rings. The fourth-order valence-electron chi connectivity index (χ4n) is 3.91. The molecule has 36 heavy (non-hydrogen) atoms. The van der Waals surface area contributed by atoms with E-state index in [-0.39, 0.29) is 17.3 Å². The van der Waals surface area contributed by atoms with Gasteiger partial charge in [-0.2, -0.15) is 0 Å². The van der Waals surface area contributed by atoms with E-state index in [1.165, 1.54) is 36.2 Å². The van der Waals surface area contributed by atoms with E-state index in [1.807, 2.05) is 38.1 Å². The first-order chi connectivity index (χ1) is 17.2. The minimum Gasteiger partial charge on any atom is -0.357 e. The fraction of sp³-hybridized carbons (Fsp3) is 0.259. The third kappa shape index (κ3) is 6.25. The Kier molecular flexibility index (Phi) is 9.12. The van der Waals surface area contributed by atoms with Gasteiger partial charge in [-0.25, -0.2) is 8.42 Å². The molecule has 0 radical (unpaired) electrons. The average Bonchev–Trinajstić information content (AvgIpc) is 2.88. The monoisotopic (exact) mass is 527 g/mol. The lowest BCUT2D eigenvalue weighted by atomic mass is 10.1. The van der Waals surface area contributed by atoms with Crippen molar-refractivity contribution in [3.8, 4) is 0 Å². The van der Waals surface area contributed by atoms with E-state index in [4.69, 9.17) is 11.6 Å². The number of carbonyl (C=O) groups is 2. The van der Waals surface area contributed by atoms with Gasteiger partial charge < -0.3 is 10.2 Å². The molecule has 9 heteroatoms. The molecule has 0 aliphatic rings. The quantitative estimate of drug-likeness (QED) is 0.423. The predicted octanol–water partition coefficient (Wildman–Crippen LogP) is 4.40. The zero-order chi connectivity index (χ0) is 26.3. The SMILES string of the molecule is CC[C@@H](C(=O)NC)N(Cc1ccccc1C)C(=O)CN(c1ccccc1)S(=O)(=O)c1ccc(Cl)cc1. The molecule has 0 bridgehead atoms. The summed E-state index contributed by atoms with van der Waals surface area (Å²) in [5.74, 6) is -0.804. The van der Waals surface area contributed by atoms with E-state index in [0.29, 0.717) is 17.1 Å². The molecule has 0 spiro atoms. The summed E-state index contributed by atoms with van der Waals surface area (Å²) in [6.45, 7) is 3.44. The van der Waals surface area contributed by atoms with Crippen molar-refractivity contribution in [1.82, 2.24) is 10.2 Å². The van der Waals surface area contributed by atoms with Crippen molar-refractivity contribution in [3.05, 3.63) is 95.0 Å². The van der Waals surface area contributed by atoms with Gasteiger partial charge in [0.2, 0.25) is 11.8 Å². The van der Waals surface area contributed by atoms with Crippen LogP contribution in [0.4, 0.5) is 5.69 Å². The average molecular weight is 528 g/mol. The standard InChI is InChI=1S/C27H30ClN3O4S/c1-4-25(27(33)29-3)30(18-21-11-9-8-10-20(21)2)26(32)19-31(23-12-6-5-7-13-23)36(34,35)24-16-14-22(28)15-17-24/h5-17,25H,4,18-19H2,1-3H3,(H,29,33)/t25-/m0/s1. The van der Waals surface area contributed by atoms with Gasteiger partial charge in [-0.05, 0) is 60.9 Å². The Morgan fingerprint density at radius 2 is 1.56 bits per heavy atom. The van der Waals surface area contributed by atoms with Crippen LogP contribution in [0.2, 0.25) is 5.02 Å². The molecule has 190 valence electrons. The number of carbonyl (C=O) groups excluding carboxylic acids is 2. The number of anilines is 1. The molecule has 0 aliphatic heterocycles. The van der Waals surface area contributed by atoms with Gasteiger partial charge in [0, 0.05) is 18.6 Å². The summed E-state index contributed by atoms with van der Waals surface area (Å²) in [5.41, 5.74) is 2.18. The van der Waals surface area contributed by atoms with Gasteiger partial charge in [0.1, 0.15) is 12.6 Å². The number of sulfonamides is 1. The van der Waals surface area contributed by atoms with Gasteiger partial charge >= 0.3 is 0 Å². The lowest BCUT2D eigenvalue weighted by Crippen LogP contribution is -2.51. The van der Waals surface area contributed by atoms with E-state index in [1.54, 1.807) is 30.3 Å². The Bertz CT molecular complexity index is 1300. The second-order valence-corrected chi connectivity index (χ2v) is 10.6. The highest BCUT2D eigenvalue weighted by atomic mass is 35.5. The van der Waals surface area contributed by atoms with Gasteiger partial charge in [-0.1, -0.05) is 61.0 Å². The molecule has 0 aliphatic carbocycles. The maximum atomic E-state index is 13.8. The highest BCUT2D eigenvalue weighted by Gasteiger charge is 2.33. The molecule has 0 heterocycles. The van der Waals surface area contributed by atoms with E-state index in [0.717, 1.165) is 15.4 Å². The van der Waals surface area contributed by atoms with Crippen LogP contribution in [-0.2, 0) is 26.2 Å². The molecule has 7 nitrogen and oxygen atoms in total. The normalized spacial score (nSPS) is 12.0. The third-order valence-corrected chi connectivity index (χ3v) is 8.00. The van der Waals surface area contributed by atoms with Crippen molar-refractivity contribution in [3.63, 3.8) is 0 Å². The number of benzene rings is 3. The molecule has 3 aromatic carbocycles. The summed E-state index contributed by atoms with van der Waals surface area (Å²) in [6.07, 6.45) is 0.368. The number of nitrogens with zero attached hydrogens (tertiary/aromatic N) is 2. The topological polar surface area (TPSA) is 86.8 Å². The number of rotatable bonds is 10. The Hall–Kier alpha value is -3.36. The minimum absolute atomic E-state index is 0.00681. The molecular formula is C27H30ClN3O4S. The van der Waals surface area contributed by atoms with Crippen LogP contribution >= 0.6 is 11.6 Å². The van der Waals surface area contributed by atoms with Crippen LogP contribution in [0.15, 0.2) is 83.8 Å². The van der Waals surface area contributed by atoms with Crippen molar-refractivity contribution in [2.75, 3.05) is 17.9 Å². The molecule has 0 saturated carbocycles. The lowest BCUT2D eigenvalue weighted by Gasteiger charge is -2.33. The number of halogens is 1. The van der Waals surface area contributed by atoms with Crippen molar-refractivity contribution in [1.29, 1.82) is 0 Å². The van der Waals surface area contributed by atoms with Crippen molar-refractivity contribution in [2.45, 2.75) is 37.8 Å². The summed E-state index contributed by atoms with van der Waals surface area (Å²) in [5, 5.41) is 3.02. The molecule has 0 fully saturated rings. The number of para-hydroxylation sites is 1. The van der Waals surface area contributed by atoms with Crippen LogP contribution in [0.5, 0.6) is 0 Å². The Labute approximate surface area is 217 Å². The zero-order valence-electron chi connectivity index (χ0n) is 20.5. The van der Waals surface area contributed by atoms with Gasteiger partial charge in [-0.3, -0.25) is 13.9 Å². The van der Waals surface area contributed by atoms with Crippen molar-refractivity contribution >= 4 is 39.1 Å². The Morgan fingerprint density at radius 3 is 2.14 bits per heavy atom. The first-order valence-electron chi connectivity index (χ1n) is 11.6. The number of hydrogen-bond acceptors (Lipinski definition) is 4. The zero-order valence-corrected chi connectivity index (χ0v) is 22.1. The number of amides is 2. The van der Waals surface area contributed by atoms with Crippen LogP contribution in [0.25, 0.3) is 0 Å². The highest BCUT2D eigenvalue weighted by molar-refractivity contribution is 7.92. The van der Waals surface area contributed by atoms with Crippen LogP contribution in [-0.4, -0.2) is 44.8 Å². The summed E-state index contributed by atoms with van der Waals surface area (Å²) < 4.78 is 28.4. The predicted molar refractivity (Wildman–Crippen MR) is 142 cm³/mol. The third-order valence-electron chi connectivity index (χ3n) is 5.96. The van der Waals surface area contributed by atoms with Crippen LogP contribution < -0.4 is 9.62 Å². The first kappa shape index (κ1) is 27.2. The largest absolute Gasteiger partial charge is 0.357 e. The Balaban J connectivity index is 2.04. The molecule has 3 rings (SSSR count). The second kappa shape index (κ2) is 12.1.